The summed E-state index contributed by atoms with van der Waals surface area (Å²) < 4.78 is 0. The summed E-state index contributed by atoms with van der Waals surface area (Å²) in [6.45, 7) is 1.97. The summed E-state index contributed by atoms with van der Waals surface area (Å²) in [5.41, 5.74) is 8.54. The third kappa shape index (κ3) is 2.31. The summed E-state index contributed by atoms with van der Waals surface area (Å²) >= 11 is 5.10. The molecule has 0 unspecified atom stereocenters. The molecule has 0 saturated carbocycles. The summed E-state index contributed by atoms with van der Waals surface area (Å²) in [6.07, 6.45) is 5.25. The topological polar surface area (TPSA) is 55.0 Å². The highest BCUT2D eigenvalue weighted by Crippen LogP contribution is 2.25. The second-order valence-electron chi connectivity index (χ2n) is 3.96. The maximum atomic E-state index is 5.78. The van der Waals surface area contributed by atoms with Crippen LogP contribution in [0.2, 0.25) is 0 Å². The molecule has 0 aliphatic rings. The van der Waals surface area contributed by atoms with E-state index in [1.54, 1.807) is 18.6 Å². The average Bonchev–Trinajstić information content (AvgIpc) is 2.38. The fourth-order valence-electron chi connectivity index (χ4n) is 1.78. The third-order valence-corrected chi connectivity index (χ3v) is 2.94. The Morgan fingerprint density at radius 1 is 1.33 bits per heavy atom. The van der Waals surface area contributed by atoms with Crippen molar-refractivity contribution < 1.29 is 0 Å². The van der Waals surface area contributed by atoms with Gasteiger partial charge in [-0.25, -0.2) is 4.98 Å². The molecule has 0 bridgehead atoms. The van der Waals surface area contributed by atoms with Crippen LogP contribution >= 0.6 is 12.2 Å². The van der Waals surface area contributed by atoms with Gasteiger partial charge in [-0.05, 0) is 30.7 Å². The van der Waals surface area contributed by atoms with E-state index in [4.69, 9.17) is 18.0 Å². The fourth-order valence-corrected chi connectivity index (χ4v) is 2.03. The summed E-state index contributed by atoms with van der Waals surface area (Å²) in [5.74, 6) is 0.746. The van der Waals surface area contributed by atoms with E-state index in [0.717, 1.165) is 22.6 Å². The number of anilines is 2. The SMILES string of the molecule is Cc1ccnc(N(C)c2cccnc2)c1C(N)=S. The van der Waals surface area contributed by atoms with E-state index >= 15 is 0 Å². The Morgan fingerprint density at radius 3 is 2.72 bits per heavy atom. The highest BCUT2D eigenvalue weighted by Gasteiger charge is 2.14. The molecule has 0 fully saturated rings. The van der Waals surface area contributed by atoms with E-state index in [1.807, 2.05) is 37.1 Å². The molecule has 18 heavy (non-hydrogen) atoms. The molecule has 0 aliphatic heterocycles. The molecule has 0 aliphatic carbocycles. The second kappa shape index (κ2) is 5.10. The van der Waals surface area contributed by atoms with Crippen molar-refractivity contribution in [3.63, 3.8) is 0 Å². The molecule has 0 spiro atoms. The second-order valence-corrected chi connectivity index (χ2v) is 4.40. The van der Waals surface area contributed by atoms with Gasteiger partial charge < -0.3 is 10.6 Å². The first kappa shape index (κ1) is 12.4. The lowest BCUT2D eigenvalue weighted by Gasteiger charge is -2.21. The van der Waals surface area contributed by atoms with E-state index in [2.05, 4.69) is 9.97 Å². The minimum absolute atomic E-state index is 0.353. The summed E-state index contributed by atoms with van der Waals surface area (Å²) in [4.78, 5) is 10.7. The zero-order valence-electron chi connectivity index (χ0n) is 10.3. The van der Waals surface area contributed by atoms with Crippen molar-refractivity contribution in [2.45, 2.75) is 6.92 Å². The van der Waals surface area contributed by atoms with E-state index in [1.165, 1.54) is 0 Å². The monoisotopic (exact) mass is 258 g/mol. The van der Waals surface area contributed by atoms with Crippen LogP contribution in [0, 0.1) is 6.92 Å². The minimum atomic E-state index is 0.353. The fraction of sp³-hybridized carbons (Fsp3) is 0.154. The van der Waals surface area contributed by atoms with Crippen molar-refractivity contribution in [2.75, 3.05) is 11.9 Å². The van der Waals surface area contributed by atoms with Gasteiger partial charge in [-0.1, -0.05) is 12.2 Å². The van der Waals surface area contributed by atoms with E-state index in [9.17, 15) is 0 Å². The molecule has 2 rings (SSSR count). The molecule has 0 radical (unpaired) electrons. The predicted octanol–water partition coefficient (Wildman–Crippen LogP) is 2.19. The van der Waals surface area contributed by atoms with Crippen LogP contribution in [0.1, 0.15) is 11.1 Å². The summed E-state index contributed by atoms with van der Waals surface area (Å²) in [6, 6.07) is 5.73. The highest BCUT2D eigenvalue weighted by atomic mass is 32.1. The molecule has 2 aromatic rings. The van der Waals surface area contributed by atoms with E-state index < -0.39 is 0 Å². The number of aryl methyl sites for hydroxylation is 1. The lowest BCUT2D eigenvalue weighted by molar-refractivity contribution is 1.10. The lowest BCUT2D eigenvalue weighted by atomic mass is 10.1. The summed E-state index contributed by atoms with van der Waals surface area (Å²) in [5, 5.41) is 0. The Kier molecular flexibility index (Phi) is 3.53. The van der Waals surface area contributed by atoms with Crippen LogP contribution in [0.25, 0.3) is 0 Å². The van der Waals surface area contributed by atoms with Gasteiger partial charge in [-0.15, -0.1) is 0 Å². The number of thiocarbonyl (C=S) groups is 1. The molecule has 4 nitrogen and oxygen atoms in total. The molecule has 0 amide bonds. The Hall–Kier alpha value is -2.01. The summed E-state index contributed by atoms with van der Waals surface area (Å²) in [7, 11) is 1.92. The molecule has 2 heterocycles. The maximum Gasteiger partial charge on any atom is 0.143 e. The quantitative estimate of drug-likeness (QED) is 0.855. The van der Waals surface area contributed by atoms with Crippen molar-refractivity contribution in [2.24, 2.45) is 5.73 Å². The first-order valence-electron chi connectivity index (χ1n) is 5.50. The number of pyridine rings is 2. The number of aromatic nitrogens is 2. The van der Waals surface area contributed by atoms with Gasteiger partial charge in [0.05, 0.1) is 17.4 Å². The Morgan fingerprint density at radius 2 is 2.11 bits per heavy atom. The van der Waals surface area contributed by atoms with E-state index in [0.29, 0.717) is 4.99 Å². The van der Waals surface area contributed by atoms with Crippen LogP contribution in [0.3, 0.4) is 0 Å². The van der Waals surface area contributed by atoms with Gasteiger partial charge in [0.15, 0.2) is 0 Å². The first-order chi connectivity index (χ1) is 8.61. The number of hydrogen-bond acceptors (Lipinski definition) is 4. The van der Waals surface area contributed by atoms with Crippen molar-refractivity contribution in [3.05, 3.63) is 47.9 Å². The van der Waals surface area contributed by atoms with Crippen LogP contribution in [-0.2, 0) is 0 Å². The van der Waals surface area contributed by atoms with Crippen molar-refractivity contribution in [1.29, 1.82) is 0 Å². The van der Waals surface area contributed by atoms with Gasteiger partial charge in [0.25, 0.3) is 0 Å². The third-order valence-electron chi connectivity index (χ3n) is 2.74. The smallest absolute Gasteiger partial charge is 0.143 e. The predicted molar refractivity (Wildman–Crippen MR) is 77.2 cm³/mol. The van der Waals surface area contributed by atoms with Gasteiger partial charge in [0, 0.05) is 19.4 Å². The highest BCUT2D eigenvalue weighted by molar-refractivity contribution is 7.80. The first-order valence-corrected chi connectivity index (χ1v) is 5.91. The van der Waals surface area contributed by atoms with Crippen LogP contribution in [0.5, 0.6) is 0 Å². The van der Waals surface area contributed by atoms with Crippen LogP contribution in [-0.4, -0.2) is 22.0 Å². The molecule has 0 atom stereocenters. The average molecular weight is 258 g/mol. The Balaban J connectivity index is 2.52. The van der Waals surface area contributed by atoms with Gasteiger partial charge in [0.1, 0.15) is 10.8 Å². The maximum absolute atomic E-state index is 5.78. The molecule has 2 N–H and O–H groups in total. The van der Waals surface area contributed by atoms with Crippen LogP contribution < -0.4 is 10.6 Å². The van der Waals surface area contributed by atoms with Crippen molar-refractivity contribution in [3.8, 4) is 0 Å². The van der Waals surface area contributed by atoms with Gasteiger partial charge >= 0.3 is 0 Å². The number of nitrogens with two attached hydrogens (primary N) is 1. The molecule has 5 heteroatoms. The lowest BCUT2D eigenvalue weighted by Crippen LogP contribution is -2.20. The molecular formula is C13H14N4S. The van der Waals surface area contributed by atoms with Gasteiger partial charge in [0.2, 0.25) is 0 Å². The van der Waals surface area contributed by atoms with E-state index in [-0.39, 0.29) is 0 Å². The number of rotatable bonds is 3. The van der Waals surface area contributed by atoms with Gasteiger partial charge in [-0.3, -0.25) is 4.98 Å². The molecule has 2 aromatic heterocycles. The normalized spacial score (nSPS) is 10.1. The number of hydrogen-bond donors (Lipinski definition) is 1. The van der Waals surface area contributed by atoms with Gasteiger partial charge in [-0.2, -0.15) is 0 Å². The van der Waals surface area contributed by atoms with Crippen LogP contribution in [0.15, 0.2) is 36.8 Å². The molecule has 92 valence electrons. The van der Waals surface area contributed by atoms with Crippen LogP contribution in [0.4, 0.5) is 11.5 Å². The number of nitrogens with zero attached hydrogens (tertiary/aromatic N) is 3. The molecule has 0 aromatic carbocycles. The standard InChI is InChI=1S/C13H14N4S/c1-9-5-7-16-13(11(9)12(14)18)17(2)10-4-3-6-15-8-10/h3-8H,1-2H3,(H2,14,18). The minimum Gasteiger partial charge on any atom is -0.389 e. The zero-order chi connectivity index (χ0) is 13.1. The Bertz CT molecular complexity index is 568. The largest absolute Gasteiger partial charge is 0.389 e. The zero-order valence-corrected chi connectivity index (χ0v) is 11.1. The van der Waals surface area contributed by atoms with Crippen molar-refractivity contribution in [1.82, 2.24) is 9.97 Å². The Labute approximate surface area is 111 Å². The molecular weight excluding hydrogens is 244 g/mol. The molecule has 0 saturated heterocycles. The van der Waals surface area contributed by atoms with Crippen molar-refractivity contribution >= 4 is 28.7 Å².